The molecule has 4 nitrogen and oxygen atoms in total. The van der Waals surface area contributed by atoms with E-state index >= 15 is 0 Å². The van der Waals surface area contributed by atoms with Gasteiger partial charge in [0.15, 0.2) is 0 Å². The van der Waals surface area contributed by atoms with Crippen LogP contribution in [0.15, 0.2) is 28.7 Å². The van der Waals surface area contributed by atoms with Crippen molar-refractivity contribution in [3.8, 4) is 0 Å². The normalized spacial score (nSPS) is 12.3. The van der Waals surface area contributed by atoms with E-state index in [1.807, 2.05) is 24.3 Å². The molecule has 0 saturated heterocycles. The van der Waals surface area contributed by atoms with Gasteiger partial charge >= 0.3 is 0 Å². The first-order valence-corrected chi connectivity index (χ1v) is 9.64. The molecule has 0 unspecified atom stereocenters. The summed E-state index contributed by atoms with van der Waals surface area (Å²) in [5, 5.41) is 3.29. The van der Waals surface area contributed by atoms with Crippen LogP contribution in [0.4, 0.5) is 0 Å². The Morgan fingerprint density at radius 3 is 2.52 bits per heavy atom. The van der Waals surface area contributed by atoms with Crippen molar-refractivity contribution in [2.75, 3.05) is 19.3 Å². The van der Waals surface area contributed by atoms with Gasteiger partial charge in [0.2, 0.25) is 10.0 Å². The van der Waals surface area contributed by atoms with Crippen molar-refractivity contribution < 1.29 is 8.42 Å². The molecule has 0 radical (unpaired) electrons. The van der Waals surface area contributed by atoms with Crippen molar-refractivity contribution in [2.24, 2.45) is 0 Å². The molecule has 0 spiro atoms. The smallest absolute Gasteiger partial charge is 0.214 e. The van der Waals surface area contributed by atoms with Gasteiger partial charge in [-0.25, -0.2) is 12.7 Å². The van der Waals surface area contributed by atoms with Crippen LogP contribution in [0.25, 0.3) is 0 Å². The lowest BCUT2D eigenvalue weighted by Crippen LogP contribution is -2.29. The van der Waals surface area contributed by atoms with Gasteiger partial charge < -0.3 is 5.32 Å². The Kier molecular flexibility index (Phi) is 7.87. The number of nitrogens with one attached hydrogen (secondary N) is 1. The number of unbranched alkanes of at least 4 members (excludes halogenated alkanes) is 1. The number of nitrogens with zero attached hydrogens (tertiary/aromatic N) is 1. The molecule has 0 saturated carbocycles. The molecule has 0 aliphatic carbocycles. The van der Waals surface area contributed by atoms with Gasteiger partial charge in [0.1, 0.15) is 0 Å². The first-order valence-electron chi connectivity index (χ1n) is 7.23. The second-order valence-corrected chi connectivity index (χ2v) is 8.53. The van der Waals surface area contributed by atoms with Gasteiger partial charge in [-0.2, -0.15) is 0 Å². The van der Waals surface area contributed by atoms with Crippen LogP contribution in [0.3, 0.4) is 0 Å². The summed E-state index contributed by atoms with van der Waals surface area (Å²) in [6.07, 6.45) is 1.56. The average molecular weight is 377 g/mol. The fourth-order valence-corrected chi connectivity index (χ4v) is 3.55. The van der Waals surface area contributed by atoms with E-state index in [0.29, 0.717) is 19.0 Å². The van der Waals surface area contributed by atoms with E-state index in [4.69, 9.17) is 0 Å². The van der Waals surface area contributed by atoms with Gasteiger partial charge in [0.05, 0.1) is 5.75 Å². The maximum absolute atomic E-state index is 12.2. The molecule has 1 rings (SSSR count). The SMILES string of the molecule is CC(C)NCCCCS(=O)(=O)N(C)Cc1ccccc1Br. The molecule has 0 atom stereocenters. The third kappa shape index (κ3) is 6.91. The molecular weight excluding hydrogens is 352 g/mol. The van der Waals surface area contributed by atoms with E-state index in [0.717, 1.165) is 23.0 Å². The minimum absolute atomic E-state index is 0.202. The van der Waals surface area contributed by atoms with Crippen molar-refractivity contribution in [3.63, 3.8) is 0 Å². The highest BCUT2D eigenvalue weighted by molar-refractivity contribution is 9.10. The van der Waals surface area contributed by atoms with Gasteiger partial charge in [-0.05, 0) is 31.0 Å². The van der Waals surface area contributed by atoms with E-state index in [-0.39, 0.29) is 5.75 Å². The van der Waals surface area contributed by atoms with Crippen LogP contribution in [0, 0.1) is 0 Å². The summed E-state index contributed by atoms with van der Waals surface area (Å²) in [6, 6.07) is 8.14. The second kappa shape index (κ2) is 8.88. The van der Waals surface area contributed by atoms with Gasteiger partial charge in [0, 0.05) is 24.1 Å². The Morgan fingerprint density at radius 2 is 1.90 bits per heavy atom. The molecule has 0 aliphatic rings. The third-order valence-electron chi connectivity index (χ3n) is 3.21. The van der Waals surface area contributed by atoms with Crippen molar-refractivity contribution in [3.05, 3.63) is 34.3 Å². The first-order chi connectivity index (χ1) is 9.83. The zero-order valence-electron chi connectivity index (χ0n) is 13.0. The molecule has 0 bridgehead atoms. The molecule has 6 heteroatoms. The van der Waals surface area contributed by atoms with Crippen molar-refractivity contribution in [2.45, 2.75) is 39.3 Å². The minimum atomic E-state index is -3.19. The number of sulfonamides is 1. The van der Waals surface area contributed by atoms with Crippen molar-refractivity contribution in [1.82, 2.24) is 9.62 Å². The first kappa shape index (κ1) is 18.6. The monoisotopic (exact) mass is 376 g/mol. The largest absolute Gasteiger partial charge is 0.315 e. The maximum atomic E-state index is 12.2. The summed E-state index contributed by atoms with van der Waals surface area (Å²) < 4.78 is 26.8. The second-order valence-electron chi connectivity index (χ2n) is 5.48. The van der Waals surface area contributed by atoms with Gasteiger partial charge in [-0.3, -0.25) is 0 Å². The highest BCUT2D eigenvalue weighted by Crippen LogP contribution is 2.18. The summed E-state index contributed by atoms with van der Waals surface area (Å²) in [5.41, 5.74) is 0.977. The Morgan fingerprint density at radius 1 is 1.24 bits per heavy atom. The van der Waals surface area contributed by atoms with E-state index in [1.54, 1.807) is 7.05 Å². The quantitative estimate of drug-likeness (QED) is 0.673. The van der Waals surface area contributed by atoms with E-state index in [9.17, 15) is 8.42 Å². The lowest BCUT2D eigenvalue weighted by molar-refractivity contribution is 0.463. The predicted molar refractivity (Wildman–Crippen MR) is 91.8 cm³/mol. The number of hydrogen-bond acceptors (Lipinski definition) is 3. The standard InChI is InChI=1S/C15H25BrN2O2S/c1-13(2)17-10-6-7-11-21(19,20)18(3)12-14-8-4-5-9-15(14)16/h4-5,8-9,13,17H,6-7,10-12H2,1-3H3. The van der Waals surface area contributed by atoms with Crippen LogP contribution >= 0.6 is 15.9 Å². The summed E-state index contributed by atoms with van der Waals surface area (Å²) >= 11 is 3.45. The highest BCUT2D eigenvalue weighted by Gasteiger charge is 2.18. The zero-order chi connectivity index (χ0) is 15.9. The Bertz CT molecular complexity index is 532. The summed E-state index contributed by atoms with van der Waals surface area (Å²) in [7, 11) is -1.55. The Balaban J connectivity index is 2.45. The third-order valence-corrected chi connectivity index (χ3v) is 5.86. The van der Waals surface area contributed by atoms with Crippen LogP contribution in [-0.2, 0) is 16.6 Å². The lowest BCUT2D eigenvalue weighted by atomic mass is 10.2. The molecule has 0 fully saturated rings. The molecule has 0 amide bonds. The molecule has 21 heavy (non-hydrogen) atoms. The highest BCUT2D eigenvalue weighted by atomic mass is 79.9. The zero-order valence-corrected chi connectivity index (χ0v) is 15.4. The van der Waals surface area contributed by atoms with Gasteiger partial charge in [0.25, 0.3) is 0 Å². The van der Waals surface area contributed by atoms with Crippen LogP contribution in [0.2, 0.25) is 0 Å². The van der Waals surface area contributed by atoms with Gasteiger partial charge in [-0.15, -0.1) is 0 Å². The van der Waals surface area contributed by atoms with E-state index in [2.05, 4.69) is 35.1 Å². The lowest BCUT2D eigenvalue weighted by Gasteiger charge is -2.18. The fourth-order valence-electron chi connectivity index (χ4n) is 1.92. The van der Waals surface area contributed by atoms with Crippen molar-refractivity contribution in [1.29, 1.82) is 0 Å². The summed E-state index contributed by atoms with van der Waals surface area (Å²) in [4.78, 5) is 0. The maximum Gasteiger partial charge on any atom is 0.214 e. The fraction of sp³-hybridized carbons (Fsp3) is 0.600. The molecule has 1 aromatic rings. The van der Waals surface area contributed by atoms with Crippen LogP contribution in [-0.4, -0.2) is 38.1 Å². The molecule has 0 aliphatic heterocycles. The number of benzene rings is 1. The number of halogens is 1. The molecular formula is C15H25BrN2O2S. The van der Waals surface area contributed by atoms with Crippen LogP contribution in [0.5, 0.6) is 0 Å². The number of rotatable bonds is 9. The average Bonchev–Trinajstić information content (AvgIpc) is 2.40. The Labute approximate surface area is 137 Å². The van der Waals surface area contributed by atoms with E-state index in [1.165, 1.54) is 4.31 Å². The number of hydrogen-bond donors (Lipinski definition) is 1. The van der Waals surface area contributed by atoms with Crippen LogP contribution < -0.4 is 5.32 Å². The van der Waals surface area contributed by atoms with E-state index < -0.39 is 10.0 Å². The predicted octanol–water partition coefficient (Wildman–Crippen LogP) is 2.99. The molecule has 1 aromatic carbocycles. The molecule has 0 heterocycles. The molecule has 0 aromatic heterocycles. The molecule has 1 N–H and O–H groups in total. The molecule has 120 valence electrons. The van der Waals surface area contributed by atoms with Gasteiger partial charge in [-0.1, -0.05) is 48.0 Å². The summed E-state index contributed by atoms with van der Waals surface area (Å²) in [5.74, 6) is 0.202. The topological polar surface area (TPSA) is 49.4 Å². The van der Waals surface area contributed by atoms with Crippen molar-refractivity contribution >= 4 is 26.0 Å². The van der Waals surface area contributed by atoms with Crippen LogP contribution in [0.1, 0.15) is 32.3 Å². The summed E-state index contributed by atoms with van der Waals surface area (Å²) in [6.45, 7) is 5.43. The Hall–Kier alpha value is -0.430. The minimum Gasteiger partial charge on any atom is -0.315 e.